The standard InChI is InChI=1S/C30H29F2N7O5/c1-17(2)38-16-22(28(41)39(30(38)43)21-8-5-18(31)6-9-21)27(40)35-19-7-10-25(23(32)13-19)44-26-14-20(36-29(42)37(3)4)15-34-24(26)11-12-33/h5-17,33-34H,1-4H3,(H,35,40)(H,36,42)/b24-11-,33-12?. The van der Waals surface area contributed by atoms with Crippen LogP contribution in [0.15, 0.2) is 93.8 Å². The van der Waals surface area contributed by atoms with Crippen LogP contribution in [-0.4, -0.2) is 46.3 Å². The van der Waals surface area contributed by atoms with Crippen LogP contribution in [0.25, 0.3) is 5.69 Å². The summed E-state index contributed by atoms with van der Waals surface area (Å²) in [5.74, 6) is -2.49. The zero-order valence-corrected chi connectivity index (χ0v) is 24.1. The Labute approximate surface area is 250 Å². The van der Waals surface area contributed by atoms with Crippen molar-refractivity contribution >= 4 is 23.8 Å². The van der Waals surface area contributed by atoms with Crippen molar-refractivity contribution in [1.29, 1.82) is 5.41 Å². The summed E-state index contributed by atoms with van der Waals surface area (Å²) in [7, 11) is 3.12. The summed E-state index contributed by atoms with van der Waals surface area (Å²) in [5.41, 5.74) is -1.37. The van der Waals surface area contributed by atoms with Gasteiger partial charge in [-0.3, -0.25) is 14.2 Å². The number of amides is 3. The lowest BCUT2D eigenvalue weighted by Gasteiger charge is -2.21. The molecule has 1 aliphatic heterocycles. The van der Waals surface area contributed by atoms with Gasteiger partial charge in [0, 0.05) is 56.6 Å². The van der Waals surface area contributed by atoms with Crippen molar-refractivity contribution in [2.45, 2.75) is 19.9 Å². The number of urea groups is 1. The van der Waals surface area contributed by atoms with Crippen molar-refractivity contribution in [2.24, 2.45) is 0 Å². The van der Waals surface area contributed by atoms with Gasteiger partial charge in [-0.15, -0.1) is 0 Å². The third-order valence-electron chi connectivity index (χ3n) is 6.25. The first-order chi connectivity index (χ1) is 20.9. The topological polar surface area (TPSA) is 151 Å². The Kier molecular flexibility index (Phi) is 9.22. The average molecular weight is 606 g/mol. The first kappa shape index (κ1) is 31.2. The fourth-order valence-corrected chi connectivity index (χ4v) is 3.99. The molecule has 0 radical (unpaired) electrons. The molecule has 4 N–H and O–H groups in total. The second-order valence-corrected chi connectivity index (χ2v) is 9.97. The lowest BCUT2D eigenvalue weighted by atomic mass is 10.2. The molecule has 0 atom stereocenters. The number of halogens is 2. The summed E-state index contributed by atoms with van der Waals surface area (Å²) in [5, 5.41) is 15.3. The van der Waals surface area contributed by atoms with Crippen molar-refractivity contribution < 1.29 is 23.1 Å². The lowest BCUT2D eigenvalue weighted by molar-refractivity contribution is 0.102. The number of anilines is 1. The van der Waals surface area contributed by atoms with Crippen LogP contribution in [0.5, 0.6) is 5.75 Å². The van der Waals surface area contributed by atoms with Gasteiger partial charge in [0.2, 0.25) is 0 Å². The van der Waals surface area contributed by atoms with Gasteiger partial charge >= 0.3 is 11.7 Å². The molecule has 12 nitrogen and oxygen atoms in total. The quantitative estimate of drug-likeness (QED) is 0.288. The van der Waals surface area contributed by atoms with Crippen molar-refractivity contribution in [2.75, 3.05) is 19.4 Å². The Hall–Kier alpha value is -5.79. The smallest absolute Gasteiger partial charge is 0.335 e. The number of nitrogens with one attached hydrogen (secondary N) is 4. The van der Waals surface area contributed by atoms with Gasteiger partial charge in [0.15, 0.2) is 17.3 Å². The summed E-state index contributed by atoms with van der Waals surface area (Å²) in [6.45, 7) is 3.37. The largest absolute Gasteiger partial charge is 0.452 e. The summed E-state index contributed by atoms with van der Waals surface area (Å²) < 4.78 is 36.4. The number of benzene rings is 2. The van der Waals surface area contributed by atoms with Gasteiger partial charge in [-0.1, -0.05) is 0 Å². The Balaban J connectivity index is 1.62. The molecule has 3 amide bonds. The van der Waals surface area contributed by atoms with E-state index in [4.69, 9.17) is 10.1 Å². The zero-order valence-electron chi connectivity index (χ0n) is 24.1. The van der Waals surface area contributed by atoms with Crippen LogP contribution < -0.4 is 31.9 Å². The molecule has 0 bridgehead atoms. The summed E-state index contributed by atoms with van der Waals surface area (Å²) in [4.78, 5) is 52.9. The number of carbonyl (C=O) groups is 2. The number of carbonyl (C=O) groups excluding carboxylic acids is 2. The number of allylic oxidation sites excluding steroid dienone is 2. The predicted octanol–water partition coefficient (Wildman–Crippen LogP) is 3.62. The normalized spacial score (nSPS) is 13.5. The van der Waals surface area contributed by atoms with E-state index < -0.39 is 46.4 Å². The molecule has 0 saturated carbocycles. The molecule has 44 heavy (non-hydrogen) atoms. The second-order valence-electron chi connectivity index (χ2n) is 9.97. The van der Waals surface area contributed by atoms with E-state index >= 15 is 4.39 Å². The molecule has 2 heterocycles. The minimum atomic E-state index is -0.941. The Morgan fingerprint density at radius 3 is 2.39 bits per heavy atom. The summed E-state index contributed by atoms with van der Waals surface area (Å²) in [6, 6.07) is 7.38. The van der Waals surface area contributed by atoms with Crippen molar-refractivity contribution in [1.82, 2.24) is 24.7 Å². The van der Waals surface area contributed by atoms with Gasteiger partial charge in [-0.2, -0.15) is 0 Å². The second kappa shape index (κ2) is 13.0. The van der Waals surface area contributed by atoms with Crippen LogP contribution in [-0.2, 0) is 0 Å². The fraction of sp³-hybridized carbons (Fsp3) is 0.167. The van der Waals surface area contributed by atoms with Gasteiger partial charge in [0.1, 0.15) is 11.4 Å². The average Bonchev–Trinajstić information content (AvgIpc) is 2.96. The number of nitrogens with zero attached hydrogens (tertiary/aromatic N) is 3. The highest BCUT2D eigenvalue weighted by Gasteiger charge is 2.21. The van der Waals surface area contributed by atoms with Crippen LogP contribution in [0.2, 0.25) is 0 Å². The van der Waals surface area contributed by atoms with E-state index in [1.54, 1.807) is 27.9 Å². The highest BCUT2D eigenvalue weighted by molar-refractivity contribution is 6.03. The first-order valence-corrected chi connectivity index (χ1v) is 13.2. The third kappa shape index (κ3) is 6.81. The van der Waals surface area contributed by atoms with E-state index in [9.17, 15) is 23.6 Å². The number of hydrogen-bond donors (Lipinski definition) is 4. The monoisotopic (exact) mass is 605 g/mol. The van der Waals surface area contributed by atoms with E-state index in [1.165, 1.54) is 52.1 Å². The molecule has 4 rings (SSSR count). The molecular formula is C30H29F2N7O5. The first-order valence-electron chi connectivity index (χ1n) is 13.2. The number of aromatic nitrogens is 2. The molecule has 0 aliphatic carbocycles. The highest BCUT2D eigenvalue weighted by atomic mass is 19.1. The van der Waals surface area contributed by atoms with E-state index in [-0.39, 0.29) is 22.9 Å². The maximum atomic E-state index is 15.2. The van der Waals surface area contributed by atoms with Gasteiger partial charge in [-0.05, 0) is 56.3 Å². The Bertz CT molecular complexity index is 1840. The Morgan fingerprint density at radius 2 is 1.77 bits per heavy atom. The van der Waals surface area contributed by atoms with E-state index in [1.807, 2.05) is 0 Å². The molecular weight excluding hydrogens is 576 g/mol. The van der Waals surface area contributed by atoms with Gasteiger partial charge in [0.05, 0.1) is 17.1 Å². The van der Waals surface area contributed by atoms with Crippen LogP contribution >= 0.6 is 0 Å². The predicted molar refractivity (Wildman–Crippen MR) is 160 cm³/mol. The SMILES string of the molecule is CC(C)n1cc(C(=O)Nc2ccc(OC3=CC(NC(=O)N(C)C)=CN/C3=C\C=N)c(F)c2)c(=O)n(-c2ccc(F)cc2)c1=O. The highest BCUT2D eigenvalue weighted by Crippen LogP contribution is 2.26. The molecule has 228 valence electrons. The van der Waals surface area contributed by atoms with Crippen LogP contribution in [0.3, 0.4) is 0 Å². The molecule has 1 aliphatic rings. The minimum Gasteiger partial charge on any atom is -0.452 e. The third-order valence-corrected chi connectivity index (χ3v) is 6.25. The zero-order chi connectivity index (χ0) is 32.1. The number of rotatable bonds is 8. The van der Waals surface area contributed by atoms with Gasteiger partial charge in [0.25, 0.3) is 11.5 Å². The maximum absolute atomic E-state index is 15.2. The molecule has 14 heteroatoms. The van der Waals surface area contributed by atoms with Gasteiger partial charge < -0.3 is 31.0 Å². The van der Waals surface area contributed by atoms with Crippen molar-refractivity contribution in [3.05, 3.63) is 122 Å². The maximum Gasteiger partial charge on any atom is 0.335 e. The molecule has 1 aromatic heterocycles. The molecule has 0 fully saturated rings. The number of ether oxygens (including phenoxy) is 1. The van der Waals surface area contributed by atoms with Crippen molar-refractivity contribution in [3.8, 4) is 11.4 Å². The van der Waals surface area contributed by atoms with Crippen molar-refractivity contribution in [3.63, 3.8) is 0 Å². The van der Waals surface area contributed by atoms with E-state index in [2.05, 4.69) is 16.0 Å². The van der Waals surface area contributed by atoms with Crippen LogP contribution in [0, 0.1) is 17.0 Å². The van der Waals surface area contributed by atoms with E-state index in [0.717, 1.165) is 35.2 Å². The minimum absolute atomic E-state index is 0.0142. The fourth-order valence-electron chi connectivity index (χ4n) is 3.99. The van der Waals surface area contributed by atoms with Crippen LogP contribution in [0.1, 0.15) is 30.2 Å². The molecule has 0 spiro atoms. The van der Waals surface area contributed by atoms with Gasteiger partial charge in [-0.25, -0.2) is 22.9 Å². The Morgan fingerprint density at radius 1 is 1.07 bits per heavy atom. The van der Waals surface area contributed by atoms with Crippen LogP contribution in [0.4, 0.5) is 19.3 Å². The lowest BCUT2D eigenvalue weighted by Crippen LogP contribution is -2.42. The molecule has 2 aromatic carbocycles. The number of hydrogen-bond acceptors (Lipinski definition) is 7. The van der Waals surface area contributed by atoms with E-state index in [0.29, 0.717) is 11.4 Å². The summed E-state index contributed by atoms with van der Waals surface area (Å²) >= 11 is 0. The summed E-state index contributed by atoms with van der Waals surface area (Å²) in [6.07, 6.45) is 6.41. The number of dihydropyridines is 1. The molecule has 0 unspecified atom stereocenters. The molecule has 0 saturated heterocycles. The molecule has 3 aromatic rings.